The summed E-state index contributed by atoms with van der Waals surface area (Å²) in [5.41, 5.74) is 0.591. The molecule has 0 radical (unpaired) electrons. The highest BCUT2D eigenvalue weighted by Crippen LogP contribution is 2.26. The van der Waals surface area contributed by atoms with Crippen LogP contribution in [0.5, 0.6) is 0 Å². The van der Waals surface area contributed by atoms with Crippen LogP contribution in [-0.4, -0.2) is 27.6 Å². The molecule has 0 bridgehead atoms. The number of carbonyl (C=O) groups excluding carboxylic acids is 1. The van der Waals surface area contributed by atoms with Gasteiger partial charge in [-0.25, -0.2) is 0 Å². The van der Waals surface area contributed by atoms with E-state index in [1.807, 2.05) is 23.8 Å². The van der Waals surface area contributed by atoms with Gasteiger partial charge in [0.2, 0.25) is 0 Å². The number of hydrogen-bond acceptors (Lipinski definition) is 2. The molecule has 1 aromatic rings. The first kappa shape index (κ1) is 12.7. The second kappa shape index (κ2) is 5.25. The predicted molar refractivity (Wildman–Crippen MR) is 66.3 cm³/mol. The van der Waals surface area contributed by atoms with E-state index in [1.165, 1.54) is 0 Å². The van der Waals surface area contributed by atoms with E-state index in [0.29, 0.717) is 12.1 Å². The molecule has 98 valence electrons. The zero-order valence-electron chi connectivity index (χ0n) is 10.4. The Morgan fingerprint density at radius 3 is 2.94 bits per heavy atom. The molecule has 0 aliphatic heterocycles. The van der Waals surface area contributed by atoms with Crippen LogP contribution in [0.1, 0.15) is 36.7 Å². The van der Waals surface area contributed by atoms with Crippen LogP contribution < -0.4 is 5.32 Å². The van der Waals surface area contributed by atoms with Gasteiger partial charge in [0.15, 0.2) is 0 Å². The Morgan fingerprint density at radius 2 is 2.28 bits per heavy atom. The van der Waals surface area contributed by atoms with Crippen LogP contribution in [0.4, 0.5) is 0 Å². The Balaban J connectivity index is 2.05. The molecule has 2 rings (SSSR count). The van der Waals surface area contributed by atoms with Gasteiger partial charge in [-0.2, -0.15) is 0 Å². The Kier molecular flexibility index (Phi) is 3.69. The summed E-state index contributed by atoms with van der Waals surface area (Å²) < 4.78 is 1.85. The second-order valence-corrected chi connectivity index (χ2v) is 4.64. The standard InChI is InChI=1S/C13H18N2O3/c1-2-15-8-4-7-11(15)12(16)14-10-6-3-5-9(10)13(17)18/h4,7-10H,2-3,5-6H2,1H3,(H,14,16)(H,17,18). The molecule has 1 aliphatic rings. The van der Waals surface area contributed by atoms with E-state index in [9.17, 15) is 9.59 Å². The molecular formula is C13H18N2O3. The van der Waals surface area contributed by atoms with Crippen LogP contribution in [0.3, 0.4) is 0 Å². The first-order chi connectivity index (χ1) is 8.63. The Bertz CT molecular complexity index is 453. The summed E-state index contributed by atoms with van der Waals surface area (Å²) in [6.07, 6.45) is 4.10. The van der Waals surface area contributed by atoms with E-state index in [0.717, 1.165) is 19.4 Å². The number of amides is 1. The maximum Gasteiger partial charge on any atom is 0.308 e. The molecule has 1 saturated carbocycles. The third kappa shape index (κ3) is 2.39. The molecule has 0 spiro atoms. The van der Waals surface area contributed by atoms with Gasteiger partial charge in [0, 0.05) is 18.8 Å². The van der Waals surface area contributed by atoms with Crippen LogP contribution in [0.15, 0.2) is 18.3 Å². The lowest BCUT2D eigenvalue weighted by Crippen LogP contribution is -2.40. The lowest BCUT2D eigenvalue weighted by Gasteiger charge is -2.18. The molecule has 2 atom stereocenters. The minimum absolute atomic E-state index is 0.181. The van der Waals surface area contributed by atoms with Crippen molar-refractivity contribution in [3.63, 3.8) is 0 Å². The highest BCUT2D eigenvalue weighted by atomic mass is 16.4. The molecular weight excluding hydrogens is 232 g/mol. The van der Waals surface area contributed by atoms with Gasteiger partial charge in [0.25, 0.3) is 5.91 Å². The Morgan fingerprint density at radius 1 is 1.50 bits per heavy atom. The lowest BCUT2D eigenvalue weighted by molar-refractivity contribution is -0.142. The summed E-state index contributed by atoms with van der Waals surface area (Å²) in [6.45, 7) is 2.69. The van der Waals surface area contributed by atoms with Gasteiger partial charge in [0.05, 0.1) is 5.92 Å². The van der Waals surface area contributed by atoms with Crippen molar-refractivity contribution in [2.24, 2.45) is 5.92 Å². The van der Waals surface area contributed by atoms with Crippen LogP contribution >= 0.6 is 0 Å². The van der Waals surface area contributed by atoms with Crippen molar-refractivity contribution < 1.29 is 14.7 Å². The van der Waals surface area contributed by atoms with Gasteiger partial charge in [0.1, 0.15) is 5.69 Å². The van der Waals surface area contributed by atoms with Crippen molar-refractivity contribution in [3.8, 4) is 0 Å². The smallest absolute Gasteiger partial charge is 0.308 e. The van der Waals surface area contributed by atoms with Crippen molar-refractivity contribution in [1.82, 2.24) is 9.88 Å². The van der Waals surface area contributed by atoms with Crippen molar-refractivity contribution in [3.05, 3.63) is 24.0 Å². The number of aliphatic carboxylic acids is 1. The summed E-state index contributed by atoms with van der Waals surface area (Å²) in [4.78, 5) is 23.1. The van der Waals surface area contributed by atoms with Gasteiger partial charge >= 0.3 is 5.97 Å². The monoisotopic (exact) mass is 250 g/mol. The van der Waals surface area contributed by atoms with Crippen molar-refractivity contribution in [1.29, 1.82) is 0 Å². The normalized spacial score (nSPS) is 22.9. The van der Waals surface area contributed by atoms with E-state index in [2.05, 4.69) is 5.32 Å². The predicted octanol–water partition coefficient (Wildman–Crippen LogP) is 1.49. The molecule has 1 amide bonds. The second-order valence-electron chi connectivity index (χ2n) is 4.64. The number of carboxylic acid groups (broad SMARTS) is 1. The number of nitrogens with one attached hydrogen (secondary N) is 1. The highest BCUT2D eigenvalue weighted by Gasteiger charge is 2.34. The SMILES string of the molecule is CCn1cccc1C(=O)NC1CCCC1C(=O)O. The number of rotatable bonds is 4. The fraction of sp³-hybridized carbons (Fsp3) is 0.538. The van der Waals surface area contributed by atoms with Crippen molar-refractivity contribution in [2.75, 3.05) is 0 Å². The quantitative estimate of drug-likeness (QED) is 0.850. The van der Waals surface area contributed by atoms with Crippen LogP contribution in [0.25, 0.3) is 0 Å². The molecule has 2 N–H and O–H groups in total. The molecule has 5 heteroatoms. The summed E-state index contributed by atoms with van der Waals surface area (Å²) in [5.74, 6) is -1.44. The lowest BCUT2D eigenvalue weighted by atomic mass is 10.0. The summed E-state index contributed by atoms with van der Waals surface area (Å²) >= 11 is 0. The minimum Gasteiger partial charge on any atom is -0.481 e. The number of carboxylic acids is 1. The third-order valence-corrected chi connectivity index (χ3v) is 3.55. The van der Waals surface area contributed by atoms with E-state index in [4.69, 9.17) is 5.11 Å². The molecule has 2 unspecified atom stereocenters. The van der Waals surface area contributed by atoms with Gasteiger partial charge in [-0.05, 0) is 31.9 Å². The molecule has 0 saturated heterocycles. The third-order valence-electron chi connectivity index (χ3n) is 3.55. The number of aryl methyl sites for hydroxylation is 1. The largest absolute Gasteiger partial charge is 0.481 e. The molecule has 0 aromatic carbocycles. The molecule has 1 heterocycles. The number of carbonyl (C=O) groups is 2. The van der Waals surface area contributed by atoms with Gasteiger partial charge in [-0.1, -0.05) is 6.42 Å². The van der Waals surface area contributed by atoms with E-state index < -0.39 is 11.9 Å². The van der Waals surface area contributed by atoms with Gasteiger partial charge < -0.3 is 15.0 Å². The average molecular weight is 250 g/mol. The fourth-order valence-electron chi connectivity index (χ4n) is 2.57. The zero-order chi connectivity index (χ0) is 13.1. The number of hydrogen-bond donors (Lipinski definition) is 2. The van der Waals surface area contributed by atoms with Crippen molar-refractivity contribution >= 4 is 11.9 Å². The first-order valence-corrected chi connectivity index (χ1v) is 6.32. The van der Waals surface area contributed by atoms with Crippen LogP contribution in [-0.2, 0) is 11.3 Å². The molecule has 1 aromatic heterocycles. The summed E-state index contributed by atoms with van der Waals surface area (Å²) in [7, 11) is 0. The topological polar surface area (TPSA) is 71.3 Å². The van der Waals surface area contributed by atoms with Crippen LogP contribution in [0, 0.1) is 5.92 Å². The molecule has 1 aliphatic carbocycles. The van der Waals surface area contributed by atoms with E-state index >= 15 is 0 Å². The highest BCUT2D eigenvalue weighted by molar-refractivity contribution is 5.93. The molecule has 18 heavy (non-hydrogen) atoms. The Labute approximate surface area is 106 Å². The van der Waals surface area contributed by atoms with E-state index in [-0.39, 0.29) is 11.9 Å². The first-order valence-electron chi connectivity index (χ1n) is 6.32. The summed E-state index contributed by atoms with van der Waals surface area (Å²) in [6, 6.07) is 3.33. The molecule has 1 fully saturated rings. The molecule has 5 nitrogen and oxygen atoms in total. The average Bonchev–Trinajstić information content (AvgIpc) is 2.96. The minimum atomic E-state index is -0.816. The number of aromatic nitrogens is 1. The number of nitrogens with zero attached hydrogens (tertiary/aromatic N) is 1. The van der Waals surface area contributed by atoms with Crippen LogP contribution in [0.2, 0.25) is 0 Å². The Hall–Kier alpha value is -1.78. The maximum absolute atomic E-state index is 12.1. The fourth-order valence-corrected chi connectivity index (χ4v) is 2.57. The maximum atomic E-state index is 12.1. The van der Waals surface area contributed by atoms with Crippen molar-refractivity contribution in [2.45, 2.75) is 38.8 Å². The van der Waals surface area contributed by atoms with Gasteiger partial charge in [-0.3, -0.25) is 9.59 Å². The van der Waals surface area contributed by atoms with E-state index in [1.54, 1.807) is 6.07 Å². The zero-order valence-corrected chi connectivity index (χ0v) is 10.4. The summed E-state index contributed by atoms with van der Waals surface area (Å²) in [5, 5.41) is 11.9. The van der Waals surface area contributed by atoms with Gasteiger partial charge in [-0.15, -0.1) is 0 Å².